The molecular formula is C13H17ClO2S. The smallest absolute Gasteiger partial charge is 0.181 e. The molecule has 0 saturated carbocycles. The minimum Gasteiger partial charge on any atom is -0.223 e. The summed E-state index contributed by atoms with van der Waals surface area (Å²) in [6.07, 6.45) is 1.77. The average molecular weight is 273 g/mol. The van der Waals surface area contributed by atoms with Gasteiger partial charge in [-0.15, -0.1) is 0 Å². The van der Waals surface area contributed by atoms with Crippen LogP contribution in [0, 0.1) is 5.92 Å². The fourth-order valence-electron chi connectivity index (χ4n) is 1.22. The summed E-state index contributed by atoms with van der Waals surface area (Å²) >= 11 is 5.72. The Hall–Kier alpha value is -0.800. The van der Waals surface area contributed by atoms with E-state index >= 15 is 0 Å². The second kappa shape index (κ2) is 5.69. The summed E-state index contributed by atoms with van der Waals surface area (Å²) in [4.78, 5) is 0.315. The van der Waals surface area contributed by atoms with Gasteiger partial charge in [0.05, 0.1) is 10.6 Å². The third-order valence-corrected chi connectivity index (χ3v) is 4.56. The van der Waals surface area contributed by atoms with Gasteiger partial charge >= 0.3 is 0 Å². The molecular weight excluding hydrogens is 256 g/mol. The van der Waals surface area contributed by atoms with Gasteiger partial charge in [-0.1, -0.05) is 37.1 Å². The van der Waals surface area contributed by atoms with Gasteiger partial charge in [0.15, 0.2) is 9.84 Å². The maximum absolute atomic E-state index is 12.0. The molecule has 1 rings (SSSR count). The maximum atomic E-state index is 12.0. The first-order valence-corrected chi connectivity index (χ1v) is 7.51. The van der Waals surface area contributed by atoms with E-state index in [1.807, 2.05) is 20.8 Å². The molecule has 0 aliphatic carbocycles. The van der Waals surface area contributed by atoms with Gasteiger partial charge in [-0.3, -0.25) is 0 Å². The summed E-state index contributed by atoms with van der Waals surface area (Å²) in [5, 5.41) is 0.540. The number of hydrogen-bond acceptors (Lipinski definition) is 2. The molecule has 2 nitrogen and oxygen atoms in total. The van der Waals surface area contributed by atoms with Gasteiger partial charge in [0, 0.05) is 5.02 Å². The SMILES string of the molecule is C/C(=C/CS(=O)(=O)c1ccc(Cl)cc1)C(C)C. The highest BCUT2D eigenvalue weighted by Gasteiger charge is 2.12. The van der Waals surface area contributed by atoms with Crippen molar-refractivity contribution in [1.29, 1.82) is 0 Å². The molecule has 1 aromatic rings. The minimum atomic E-state index is -3.24. The van der Waals surface area contributed by atoms with E-state index in [0.29, 0.717) is 15.8 Å². The monoisotopic (exact) mass is 272 g/mol. The summed E-state index contributed by atoms with van der Waals surface area (Å²) in [5.41, 5.74) is 1.09. The Morgan fingerprint density at radius 3 is 2.29 bits per heavy atom. The topological polar surface area (TPSA) is 34.1 Å². The molecule has 0 unspecified atom stereocenters. The van der Waals surface area contributed by atoms with Crippen molar-refractivity contribution in [2.45, 2.75) is 25.7 Å². The van der Waals surface area contributed by atoms with Gasteiger partial charge in [-0.2, -0.15) is 0 Å². The molecule has 0 atom stereocenters. The van der Waals surface area contributed by atoms with Gasteiger partial charge in [-0.05, 0) is 37.1 Å². The highest BCUT2D eigenvalue weighted by Crippen LogP contribution is 2.16. The van der Waals surface area contributed by atoms with Crippen LogP contribution >= 0.6 is 11.6 Å². The largest absolute Gasteiger partial charge is 0.223 e. The summed E-state index contributed by atoms with van der Waals surface area (Å²) in [6, 6.07) is 6.26. The number of allylic oxidation sites excluding steroid dienone is 1. The summed E-state index contributed by atoms with van der Waals surface area (Å²) in [5.74, 6) is 0.411. The molecule has 0 fully saturated rings. The van der Waals surface area contributed by atoms with Crippen LogP contribution in [-0.4, -0.2) is 14.2 Å². The van der Waals surface area contributed by atoms with Crippen LogP contribution in [0.3, 0.4) is 0 Å². The van der Waals surface area contributed by atoms with Crippen LogP contribution in [0.15, 0.2) is 40.8 Å². The van der Waals surface area contributed by atoms with Crippen molar-refractivity contribution in [2.75, 3.05) is 5.75 Å². The standard InChI is InChI=1S/C13H17ClO2S/c1-10(2)11(3)8-9-17(15,16)13-6-4-12(14)5-7-13/h4-8,10H,9H2,1-3H3/b11-8-. The third kappa shape index (κ3) is 4.17. The van der Waals surface area contributed by atoms with Crippen molar-refractivity contribution in [3.05, 3.63) is 40.9 Å². The lowest BCUT2D eigenvalue weighted by atomic mass is 10.1. The molecule has 0 heterocycles. The Bertz CT molecular complexity index is 499. The molecule has 0 amide bonds. The normalized spacial score (nSPS) is 13.1. The van der Waals surface area contributed by atoms with E-state index in [2.05, 4.69) is 0 Å². The van der Waals surface area contributed by atoms with Gasteiger partial charge in [-0.25, -0.2) is 8.42 Å². The molecule has 0 bridgehead atoms. The Morgan fingerprint density at radius 2 is 1.82 bits per heavy atom. The minimum absolute atomic E-state index is 0.0403. The second-order valence-electron chi connectivity index (χ2n) is 4.34. The van der Waals surface area contributed by atoms with Crippen molar-refractivity contribution >= 4 is 21.4 Å². The molecule has 4 heteroatoms. The van der Waals surface area contributed by atoms with E-state index in [0.717, 1.165) is 5.57 Å². The number of rotatable bonds is 4. The summed E-state index contributed by atoms with van der Waals surface area (Å²) in [6.45, 7) is 6.03. The van der Waals surface area contributed by atoms with E-state index in [1.165, 1.54) is 12.1 Å². The van der Waals surface area contributed by atoms with E-state index in [9.17, 15) is 8.42 Å². The van der Waals surface area contributed by atoms with E-state index in [1.54, 1.807) is 18.2 Å². The first-order valence-electron chi connectivity index (χ1n) is 5.48. The second-order valence-corrected chi connectivity index (χ2v) is 6.81. The van der Waals surface area contributed by atoms with Crippen molar-refractivity contribution in [2.24, 2.45) is 5.92 Å². The molecule has 1 aromatic carbocycles. The van der Waals surface area contributed by atoms with Gasteiger partial charge in [0.2, 0.25) is 0 Å². The lowest BCUT2D eigenvalue weighted by molar-refractivity contribution is 0.598. The highest BCUT2D eigenvalue weighted by molar-refractivity contribution is 7.91. The van der Waals surface area contributed by atoms with Crippen molar-refractivity contribution in [3.8, 4) is 0 Å². The molecule has 0 N–H and O–H groups in total. The first-order chi connectivity index (χ1) is 7.83. The van der Waals surface area contributed by atoms with E-state index < -0.39 is 9.84 Å². The molecule has 0 radical (unpaired) electrons. The van der Waals surface area contributed by atoms with Crippen LogP contribution in [-0.2, 0) is 9.84 Å². The van der Waals surface area contributed by atoms with Crippen LogP contribution in [0.1, 0.15) is 20.8 Å². The molecule has 0 aliphatic rings. The average Bonchev–Trinajstić information content (AvgIpc) is 2.26. The lowest BCUT2D eigenvalue weighted by Gasteiger charge is -2.06. The van der Waals surface area contributed by atoms with Crippen molar-refractivity contribution < 1.29 is 8.42 Å². The van der Waals surface area contributed by atoms with Crippen molar-refractivity contribution in [1.82, 2.24) is 0 Å². The van der Waals surface area contributed by atoms with Crippen LogP contribution in [0.5, 0.6) is 0 Å². The number of halogens is 1. The Labute approximate surface area is 108 Å². The summed E-state index contributed by atoms with van der Waals surface area (Å²) in [7, 11) is -3.24. The molecule has 0 saturated heterocycles. The van der Waals surface area contributed by atoms with E-state index in [4.69, 9.17) is 11.6 Å². The molecule has 0 aromatic heterocycles. The van der Waals surface area contributed by atoms with E-state index in [-0.39, 0.29) is 5.75 Å². The van der Waals surface area contributed by atoms with Crippen LogP contribution in [0.4, 0.5) is 0 Å². The Balaban J connectivity index is 2.90. The Kier molecular flexibility index (Phi) is 4.78. The van der Waals surface area contributed by atoms with Gasteiger partial charge < -0.3 is 0 Å². The Morgan fingerprint density at radius 1 is 1.29 bits per heavy atom. The molecule has 94 valence electrons. The number of hydrogen-bond donors (Lipinski definition) is 0. The fraction of sp³-hybridized carbons (Fsp3) is 0.385. The number of benzene rings is 1. The fourth-order valence-corrected chi connectivity index (χ4v) is 2.57. The third-order valence-electron chi connectivity index (χ3n) is 2.71. The van der Waals surface area contributed by atoms with Gasteiger partial charge in [0.25, 0.3) is 0 Å². The van der Waals surface area contributed by atoms with Crippen LogP contribution < -0.4 is 0 Å². The first kappa shape index (κ1) is 14.3. The zero-order chi connectivity index (χ0) is 13.1. The molecule has 17 heavy (non-hydrogen) atoms. The molecule has 0 spiro atoms. The predicted octanol–water partition coefficient (Wildman–Crippen LogP) is 3.72. The summed E-state index contributed by atoms with van der Waals surface area (Å²) < 4.78 is 24.0. The van der Waals surface area contributed by atoms with Crippen LogP contribution in [0.25, 0.3) is 0 Å². The predicted molar refractivity (Wildman–Crippen MR) is 72.1 cm³/mol. The molecule has 0 aliphatic heterocycles. The highest BCUT2D eigenvalue weighted by atomic mass is 35.5. The quantitative estimate of drug-likeness (QED) is 0.783. The van der Waals surface area contributed by atoms with Crippen LogP contribution in [0.2, 0.25) is 5.02 Å². The zero-order valence-corrected chi connectivity index (χ0v) is 11.8. The van der Waals surface area contributed by atoms with Crippen molar-refractivity contribution in [3.63, 3.8) is 0 Å². The maximum Gasteiger partial charge on any atom is 0.181 e. The lowest BCUT2D eigenvalue weighted by Crippen LogP contribution is -2.05. The zero-order valence-electron chi connectivity index (χ0n) is 10.3. The number of sulfone groups is 1. The van der Waals surface area contributed by atoms with Gasteiger partial charge in [0.1, 0.15) is 0 Å².